The minimum atomic E-state index is 0.0166. The highest BCUT2D eigenvalue weighted by atomic mass is 16.2. The van der Waals surface area contributed by atoms with Gasteiger partial charge < -0.3 is 10.6 Å². The predicted octanol–water partition coefficient (Wildman–Crippen LogP) is 1.20. The molecule has 1 saturated heterocycles. The van der Waals surface area contributed by atoms with Crippen LogP contribution in [-0.4, -0.2) is 34.9 Å². The van der Waals surface area contributed by atoms with E-state index in [-0.39, 0.29) is 11.9 Å². The molecule has 2 heterocycles. The Balaban J connectivity index is 2.24. The Morgan fingerprint density at radius 1 is 1.65 bits per heavy atom. The highest BCUT2D eigenvalue weighted by Gasteiger charge is 2.34. The molecule has 4 heteroatoms. The minimum Gasteiger partial charge on any atom is -0.333 e. The molecule has 0 bridgehead atoms. The lowest BCUT2D eigenvalue weighted by atomic mass is 10.0. The van der Waals surface area contributed by atoms with Crippen LogP contribution in [0.2, 0.25) is 0 Å². The van der Waals surface area contributed by atoms with Crippen molar-refractivity contribution in [3.63, 3.8) is 0 Å². The Bertz CT molecular complexity index is 419. The maximum absolute atomic E-state index is 12.4. The zero-order chi connectivity index (χ0) is 12.4. The van der Waals surface area contributed by atoms with Crippen LogP contribution in [0.1, 0.15) is 29.4 Å². The van der Waals surface area contributed by atoms with Gasteiger partial charge in [0.2, 0.25) is 0 Å². The number of amides is 1. The van der Waals surface area contributed by atoms with Crippen molar-refractivity contribution < 1.29 is 4.79 Å². The molecule has 0 aromatic carbocycles. The van der Waals surface area contributed by atoms with Gasteiger partial charge in [-0.1, -0.05) is 13.0 Å². The topological polar surface area (TPSA) is 59.2 Å². The van der Waals surface area contributed by atoms with Crippen LogP contribution in [0, 0.1) is 12.8 Å². The van der Waals surface area contributed by atoms with Crippen molar-refractivity contribution in [1.82, 2.24) is 9.88 Å². The first-order valence-corrected chi connectivity index (χ1v) is 6.07. The molecule has 2 unspecified atom stereocenters. The van der Waals surface area contributed by atoms with E-state index in [1.165, 1.54) is 0 Å². The van der Waals surface area contributed by atoms with E-state index in [1.807, 2.05) is 24.0 Å². The molecule has 1 aromatic rings. The van der Waals surface area contributed by atoms with Gasteiger partial charge in [-0.25, -0.2) is 0 Å². The molecule has 4 nitrogen and oxygen atoms in total. The molecule has 2 rings (SSSR count). The average molecular weight is 233 g/mol. The van der Waals surface area contributed by atoms with Gasteiger partial charge in [0.1, 0.15) is 5.69 Å². The van der Waals surface area contributed by atoms with Crippen LogP contribution < -0.4 is 5.73 Å². The number of carbonyl (C=O) groups excluding carboxylic acids is 1. The SMILES string of the molecule is Cc1cccnc1C(=O)N1CCC(C)C1CN. The van der Waals surface area contributed by atoms with Crippen LogP contribution in [0.25, 0.3) is 0 Å². The molecule has 0 spiro atoms. The smallest absolute Gasteiger partial charge is 0.273 e. The van der Waals surface area contributed by atoms with E-state index < -0.39 is 0 Å². The first-order valence-electron chi connectivity index (χ1n) is 6.07. The van der Waals surface area contributed by atoms with Gasteiger partial charge in [0, 0.05) is 25.3 Å². The van der Waals surface area contributed by atoms with Crippen molar-refractivity contribution in [3.05, 3.63) is 29.6 Å². The number of rotatable bonds is 2. The van der Waals surface area contributed by atoms with Gasteiger partial charge >= 0.3 is 0 Å². The molecule has 0 radical (unpaired) electrons. The Kier molecular flexibility index (Phi) is 3.43. The summed E-state index contributed by atoms with van der Waals surface area (Å²) in [7, 11) is 0. The number of likely N-dealkylation sites (tertiary alicyclic amines) is 1. The second-order valence-electron chi connectivity index (χ2n) is 4.74. The van der Waals surface area contributed by atoms with Crippen LogP contribution in [0.3, 0.4) is 0 Å². The van der Waals surface area contributed by atoms with Gasteiger partial charge in [0.15, 0.2) is 0 Å². The lowest BCUT2D eigenvalue weighted by molar-refractivity contribution is 0.0720. The van der Waals surface area contributed by atoms with Crippen molar-refractivity contribution in [2.45, 2.75) is 26.3 Å². The van der Waals surface area contributed by atoms with Gasteiger partial charge in [-0.05, 0) is 30.9 Å². The summed E-state index contributed by atoms with van der Waals surface area (Å²) in [4.78, 5) is 18.5. The van der Waals surface area contributed by atoms with E-state index in [1.54, 1.807) is 6.20 Å². The van der Waals surface area contributed by atoms with Crippen LogP contribution >= 0.6 is 0 Å². The molecule has 1 amide bonds. The molecule has 1 aliphatic heterocycles. The molecule has 0 saturated carbocycles. The summed E-state index contributed by atoms with van der Waals surface area (Å²) in [5.41, 5.74) is 7.23. The molecule has 1 aliphatic rings. The Morgan fingerprint density at radius 2 is 2.41 bits per heavy atom. The Hall–Kier alpha value is -1.42. The number of hydrogen-bond acceptors (Lipinski definition) is 3. The summed E-state index contributed by atoms with van der Waals surface area (Å²) >= 11 is 0. The standard InChI is InChI=1S/C13H19N3O/c1-9-5-7-16(11(9)8-14)13(17)12-10(2)4-3-6-15-12/h3-4,6,9,11H,5,7-8,14H2,1-2H3. The van der Waals surface area contributed by atoms with Crippen LogP contribution in [0.5, 0.6) is 0 Å². The minimum absolute atomic E-state index is 0.0166. The summed E-state index contributed by atoms with van der Waals surface area (Å²) < 4.78 is 0. The summed E-state index contributed by atoms with van der Waals surface area (Å²) in [6, 6.07) is 3.92. The predicted molar refractivity (Wildman–Crippen MR) is 66.6 cm³/mol. The molecule has 2 atom stereocenters. The summed E-state index contributed by atoms with van der Waals surface area (Å²) in [6.07, 6.45) is 2.69. The number of nitrogens with two attached hydrogens (primary N) is 1. The molecule has 0 aliphatic carbocycles. The molecular weight excluding hydrogens is 214 g/mol. The first-order chi connectivity index (χ1) is 8.15. The van der Waals surface area contributed by atoms with Crippen LogP contribution in [0.4, 0.5) is 0 Å². The molecule has 17 heavy (non-hydrogen) atoms. The molecule has 1 aromatic heterocycles. The zero-order valence-electron chi connectivity index (χ0n) is 10.4. The van der Waals surface area contributed by atoms with Crippen molar-refractivity contribution in [1.29, 1.82) is 0 Å². The second-order valence-corrected chi connectivity index (χ2v) is 4.74. The van der Waals surface area contributed by atoms with Crippen LogP contribution in [0.15, 0.2) is 18.3 Å². The van der Waals surface area contributed by atoms with Gasteiger partial charge in [-0.15, -0.1) is 0 Å². The molecule has 2 N–H and O–H groups in total. The fourth-order valence-electron chi connectivity index (χ4n) is 2.47. The summed E-state index contributed by atoms with van der Waals surface area (Å²) in [5.74, 6) is 0.496. The monoisotopic (exact) mass is 233 g/mol. The van der Waals surface area contributed by atoms with Crippen LogP contribution in [-0.2, 0) is 0 Å². The maximum atomic E-state index is 12.4. The summed E-state index contributed by atoms with van der Waals surface area (Å²) in [6.45, 7) is 5.38. The first kappa shape index (κ1) is 12.0. The van der Waals surface area contributed by atoms with E-state index in [0.717, 1.165) is 18.5 Å². The third kappa shape index (κ3) is 2.17. The van der Waals surface area contributed by atoms with E-state index in [9.17, 15) is 4.79 Å². The fourth-order valence-corrected chi connectivity index (χ4v) is 2.47. The Labute approximate surface area is 102 Å². The van der Waals surface area contributed by atoms with Gasteiger partial charge in [0.05, 0.1) is 0 Å². The third-order valence-electron chi connectivity index (χ3n) is 3.60. The van der Waals surface area contributed by atoms with Crippen molar-refractivity contribution in [2.75, 3.05) is 13.1 Å². The van der Waals surface area contributed by atoms with Gasteiger partial charge in [-0.3, -0.25) is 9.78 Å². The number of nitrogens with zero attached hydrogens (tertiary/aromatic N) is 2. The molecule has 1 fully saturated rings. The second kappa shape index (κ2) is 4.84. The molecule has 92 valence electrons. The van der Waals surface area contributed by atoms with Crippen molar-refractivity contribution >= 4 is 5.91 Å². The number of pyridine rings is 1. The maximum Gasteiger partial charge on any atom is 0.273 e. The number of aryl methyl sites for hydroxylation is 1. The fraction of sp³-hybridized carbons (Fsp3) is 0.538. The lowest BCUT2D eigenvalue weighted by Crippen LogP contribution is -2.42. The van der Waals surface area contributed by atoms with Crippen molar-refractivity contribution in [3.8, 4) is 0 Å². The largest absolute Gasteiger partial charge is 0.333 e. The number of carbonyl (C=O) groups is 1. The van der Waals surface area contributed by atoms with Gasteiger partial charge in [0.25, 0.3) is 5.91 Å². The van der Waals surface area contributed by atoms with E-state index >= 15 is 0 Å². The zero-order valence-corrected chi connectivity index (χ0v) is 10.4. The van der Waals surface area contributed by atoms with Gasteiger partial charge in [-0.2, -0.15) is 0 Å². The third-order valence-corrected chi connectivity index (χ3v) is 3.60. The average Bonchev–Trinajstić information content (AvgIpc) is 2.70. The lowest BCUT2D eigenvalue weighted by Gasteiger charge is -2.25. The summed E-state index contributed by atoms with van der Waals surface area (Å²) in [5, 5.41) is 0. The highest BCUT2D eigenvalue weighted by molar-refractivity contribution is 5.94. The number of aromatic nitrogens is 1. The normalized spacial score (nSPS) is 24.1. The van der Waals surface area contributed by atoms with E-state index in [4.69, 9.17) is 5.73 Å². The highest BCUT2D eigenvalue weighted by Crippen LogP contribution is 2.25. The quantitative estimate of drug-likeness (QED) is 0.835. The number of hydrogen-bond donors (Lipinski definition) is 1. The van der Waals surface area contributed by atoms with E-state index in [0.29, 0.717) is 18.2 Å². The Morgan fingerprint density at radius 3 is 3.06 bits per heavy atom. The molecular formula is C13H19N3O. The van der Waals surface area contributed by atoms with E-state index in [2.05, 4.69) is 11.9 Å². The van der Waals surface area contributed by atoms with Crippen molar-refractivity contribution in [2.24, 2.45) is 11.7 Å².